The molecule has 124 valence electrons. The summed E-state index contributed by atoms with van der Waals surface area (Å²) in [7, 11) is 0. The van der Waals surface area contributed by atoms with Gasteiger partial charge in [-0.15, -0.1) is 5.10 Å². The Bertz CT molecular complexity index is 797. The molecule has 0 saturated carbocycles. The Morgan fingerprint density at radius 2 is 1.83 bits per heavy atom. The minimum atomic E-state index is 0.0108. The van der Waals surface area contributed by atoms with Crippen LogP contribution in [0.2, 0.25) is 0 Å². The summed E-state index contributed by atoms with van der Waals surface area (Å²) >= 11 is 5.60. The molecule has 1 aromatic heterocycles. The van der Waals surface area contributed by atoms with Crippen LogP contribution in [0.5, 0.6) is 0 Å². The predicted octanol–water partition coefficient (Wildman–Crippen LogP) is 4.48. The van der Waals surface area contributed by atoms with E-state index < -0.39 is 0 Å². The molecular formula is C19H22N4S. The van der Waals surface area contributed by atoms with Crippen molar-refractivity contribution >= 4 is 28.2 Å². The Morgan fingerprint density at radius 3 is 2.62 bits per heavy atom. The van der Waals surface area contributed by atoms with Crippen LogP contribution in [0.1, 0.15) is 44.3 Å². The van der Waals surface area contributed by atoms with Crippen LogP contribution in [0.4, 0.5) is 0 Å². The van der Waals surface area contributed by atoms with Gasteiger partial charge >= 0.3 is 0 Å². The number of thiocarbonyl (C=S) groups is 1. The quantitative estimate of drug-likeness (QED) is 0.510. The summed E-state index contributed by atoms with van der Waals surface area (Å²) in [5, 5.41) is 12.1. The smallest absolute Gasteiger partial charge is 0.123 e. The van der Waals surface area contributed by atoms with Crippen LogP contribution < -0.4 is 5.32 Å². The van der Waals surface area contributed by atoms with Crippen LogP contribution in [0.25, 0.3) is 11.0 Å². The van der Waals surface area contributed by atoms with Crippen molar-refractivity contribution < 1.29 is 0 Å². The molecule has 1 atom stereocenters. The van der Waals surface area contributed by atoms with Crippen molar-refractivity contribution in [1.82, 2.24) is 20.3 Å². The SMILES string of the molecule is CCCCC[C@@H](NC(=S)c1ccccc1)n1nnc2ccccc21. The molecule has 5 heteroatoms. The van der Waals surface area contributed by atoms with E-state index in [9.17, 15) is 0 Å². The van der Waals surface area contributed by atoms with Crippen LogP contribution in [0, 0.1) is 0 Å². The third kappa shape index (κ3) is 3.79. The van der Waals surface area contributed by atoms with Crippen LogP contribution in [0.3, 0.4) is 0 Å². The van der Waals surface area contributed by atoms with E-state index in [-0.39, 0.29) is 6.17 Å². The molecule has 3 rings (SSSR count). The van der Waals surface area contributed by atoms with E-state index in [4.69, 9.17) is 12.2 Å². The van der Waals surface area contributed by atoms with Crippen molar-refractivity contribution in [2.45, 2.75) is 38.8 Å². The van der Waals surface area contributed by atoms with E-state index in [1.807, 2.05) is 53.2 Å². The maximum atomic E-state index is 5.60. The van der Waals surface area contributed by atoms with Gasteiger partial charge in [0, 0.05) is 5.56 Å². The lowest BCUT2D eigenvalue weighted by atomic mass is 10.1. The van der Waals surface area contributed by atoms with Gasteiger partial charge < -0.3 is 5.32 Å². The van der Waals surface area contributed by atoms with Gasteiger partial charge in [0.05, 0.1) is 5.52 Å². The van der Waals surface area contributed by atoms with Gasteiger partial charge in [-0.25, -0.2) is 4.68 Å². The highest BCUT2D eigenvalue weighted by atomic mass is 32.1. The van der Waals surface area contributed by atoms with Crippen molar-refractivity contribution in [1.29, 1.82) is 0 Å². The lowest BCUT2D eigenvalue weighted by molar-refractivity contribution is 0.387. The highest BCUT2D eigenvalue weighted by Crippen LogP contribution is 2.19. The fourth-order valence-corrected chi connectivity index (χ4v) is 3.06. The molecular weight excluding hydrogens is 316 g/mol. The summed E-state index contributed by atoms with van der Waals surface area (Å²) in [6, 6.07) is 18.1. The first-order chi connectivity index (χ1) is 11.8. The molecule has 4 nitrogen and oxygen atoms in total. The zero-order valence-electron chi connectivity index (χ0n) is 13.9. The van der Waals surface area contributed by atoms with Crippen LogP contribution in [-0.4, -0.2) is 20.0 Å². The third-order valence-electron chi connectivity index (χ3n) is 4.09. The number of hydrogen-bond donors (Lipinski definition) is 1. The maximum absolute atomic E-state index is 5.60. The molecule has 0 aliphatic carbocycles. The standard InChI is InChI=1S/C19H22N4S/c1-2-3-5-14-18(20-19(24)15-10-6-4-7-11-15)23-17-13-9-8-12-16(17)21-22-23/h4,6-13,18H,2-3,5,14H2,1H3,(H,20,24)/t18-/m0/s1. The molecule has 0 spiro atoms. The Morgan fingerprint density at radius 1 is 1.08 bits per heavy atom. The fraction of sp³-hybridized carbons (Fsp3) is 0.316. The number of fused-ring (bicyclic) bond motifs is 1. The van der Waals surface area contributed by atoms with E-state index >= 15 is 0 Å². The van der Waals surface area contributed by atoms with Crippen molar-refractivity contribution in [3.8, 4) is 0 Å². The molecule has 0 aliphatic heterocycles. The molecule has 1 N–H and O–H groups in total. The average molecular weight is 338 g/mol. The van der Waals surface area contributed by atoms with Crippen LogP contribution in [0.15, 0.2) is 54.6 Å². The molecule has 1 heterocycles. The molecule has 0 radical (unpaired) electrons. The summed E-state index contributed by atoms with van der Waals surface area (Å²) in [6.07, 6.45) is 4.49. The van der Waals surface area contributed by atoms with Crippen molar-refractivity contribution in [3.63, 3.8) is 0 Å². The second-order valence-corrected chi connectivity index (χ2v) is 6.28. The Labute approximate surface area is 147 Å². The first-order valence-corrected chi connectivity index (χ1v) is 8.86. The minimum Gasteiger partial charge on any atom is -0.354 e. The monoisotopic (exact) mass is 338 g/mol. The number of unbranched alkanes of at least 4 members (excludes halogenated alkanes) is 2. The molecule has 0 amide bonds. The first-order valence-electron chi connectivity index (χ1n) is 8.45. The number of aromatic nitrogens is 3. The molecule has 0 aliphatic rings. The second-order valence-electron chi connectivity index (χ2n) is 5.87. The Hall–Kier alpha value is -2.27. The third-order valence-corrected chi connectivity index (χ3v) is 4.44. The number of nitrogens with zero attached hydrogens (tertiary/aromatic N) is 3. The van der Waals surface area contributed by atoms with Crippen molar-refractivity contribution in [2.75, 3.05) is 0 Å². The summed E-state index contributed by atoms with van der Waals surface area (Å²) in [6.45, 7) is 2.21. The largest absolute Gasteiger partial charge is 0.354 e. The fourth-order valence-electron chi connectivity index (χ4n) is 2.78. The molecule has 2 aromatic carbocycles. The highest BCUT2D eigenvalue weighted by molar-refractivity contribution is 7.80. The zero-order valence-corrected chi connectivity index (χ0v) is 14.7. The summed E-state index contributed by atoms with van der Waals surface area (Å²) in [5.41, 5.74) is 2.96. The van der Waals surface area contributed by atoms with Gasteiger partial charge in [0.25, 0.3) is 0 Å². The van der Waals surface area contributed by atoms with E-state index in [1.54, 1.807) is 0 Å². The van der Waals surface area contributed by atoms with Crippen LogP contribution in [-0.2, 0) is 0 Å². The molecule has 0 unspecified atom stereocenters. The molecule has 3 aromatic rings. The Kier molecular flexibility index (Phi) is 5.54. The van der Waals surface area contributed by atoms with Crippen molar-refractivity contribution in [3.05, 3.63) is 60.2 Å². The number of benzene rings is 2. The average Bonchev–Trinajstić information content (AvgIpc) is 3.06. The highest BCUT2D eigenvalue weighted by Gasteiger charge is 2.16. The summed E-state index contributed by atoms with van der Waals surface area (Å²) in [5.74, 6) is 0. The van der Waals surface area contributed by atoms with Gasteiger partial charge in [0.15, 0.2) is 0 Å². The number of hydrogen-bond acceptors (Lipinski definition) is 3. The molecule has 0 fully saturated rings. The predicted molar refractivity (Wildman–Crippen MR) is 102 cm³/mol. The van der Waals surface area contributed by atoms with Crippen molar-refractivity contribution in [2.24, 2.45) is 0 Å². The van der Waals surface area contributed by atoms with Gasteiger partial charge in [-0.1, -0.05) is 79.7 Å². The van der Waals surface area contributed by atoms with Gasteiger partial charge in [-0.2, -0.15) is 0 Å². The second kappa shape index (κ2) is 8.02. The maximum Gasteiger partial charge on any atom is 0.123 e. The van der Waals surface area contributed by atoms with Crippen LogP contribution >= 0.6 is 12.2 Å². The minimum absolute atomic E-state index is 0.0108. The molecule has 24 heavy (non-hydrogen) atoms. The first kappa shape index (κ1) is 16.6. The number of rotatable bonds is 7. The normalized spacial score (nSPS) is 12.2. The van der Waals surface area contributed by atoms with E-state index in [0.29, 0.717) is 0 Å². The van der Waals surface area contributed by atoms with E-state index in [0.717, 1.165) is 34.4 Å². The van der Waals surface area contributed by atoms with Gasteiger partial charge in [0.1, 0.15) is 16.7 Å². The van der Waals surface area contributed by atoms with E-state index in [2.05, 4.69) is 28.6 Å². The zero-order chi connectivity index (χ0) is 16.8. The summed E-state index contributed by atoms with van der Waals surface area (Å²) in [4.78, 5) is 0.747. The lowest BCUT2D eigenvalue weighted by Crippen LogP contribution is -2.32. The number of nitrogens with one attached hydrogen (secondary N) is 1. The van der Waals surface area contributed by atoms with Gasteiger partial charge in [0.2, 0.25) is 0 Å². The van der Waals surface area contributed by atoms with Gasteiger partial charge in [-0.3, -0.25) is 0 Å². The van der Waals surface area contributed by atoms with E-state index in [1.165, 1.54) is 12.8 Å². The lowest BCUT2D eigenvalue weighted by Gasteiger charge is -2.21. The molecule has 0 saturated heterocycles. The van der Waals surface area contributed by atoms with Gasteiger partial charge in [-0.05, 0) is 25.0 Å². The molecule has 0 bridgehead atoms. The Balaban J connectivity index is 1.84. The topological polar surface area (TPSA) is 42.7 Å². The summed E-state index contributed by atoms with van der Waals surface area (Å²) < 4.78 is 1.96. The number of para-hydroxylation sites is 1.